The van der Waals surface area contributed by atoms with Gasteiger partial charge in [0.15, 0.2) is 5.78 Å². The normalized spacial score (nSPS) is 15.7. The molecule has 1 saturated carbocycles. The summed E-state index contributed by atoms with van der Waals surface area (Å²) in [5, 5.41) is 0.669. The smallest absolute Gasteiger partial charge is 0.159 e. The summed E-state index contributed by atoms with van der Waals surface area (Å²) in [6.45, 7) is 1.56. The lowest BCUT2D eigenvalue weighted by molar-refractivity contribution is 0.101. The Kier molecular flexibility index (Phi) is 3.20. The molecule has 0 heterocycles. The predicted octanol–water partition coefficient (Wildman–Crippen LogP) is 3.53. The number of carbonyl (C=O) groups is 1. The molecule has 0 bridgehead atoms. The third-order valence-electron chi connectivity index (χ3n) is 3.36. The Bertz CT molecular complexity index is 412. The van der Waals surface area contributed by atoms with Gasteiger partial charge in [-0.1, -0.05) is 11.6 Å². The number of carbonyl (C=O) groups excluding carboxylic acids is 1. The molecule has 3 heteroatoms. The summed E-state index contributed by atoms with van der Waals surface area (Å²) in [4.78, 5) is 13.4. The van der Waals surface area contributed by atoms with Crippen molar-refractivity contribution in [3.8, 4) is 0 Å². The van der Waals surface area contributed by atoms with Crippen LogP contribution in [0, 0.1) is 0 Å². The summed E-state index contributed by atoms with van der Waals surface area (Å²) in [5.74, 6) is 0.0553. The van der Waals surface area contributed by atoms with Gasteiger partial charge in [-0.15, -0.1) is 0 Å². The van der Waals surface area contributed by atoms with Crippen LogP contribution >= 0.6 is 11.6 Å². The Labute approximate surface area is 101 Å². The number of nitrogens with zero attached hydrogens (tertiary/aromatic N) is 1. The Morgan fingerprint density at radius 3 is 2.56 bits per heavy atom. The largest absolute Gasteiger partial charge is 0.370 e. The van der Waals surface area contributed by atoms with E-state index >= 15 is 0 Å². The van der Waals surface area contributed by atoms with Crippen LogP contribution < -0.4 is 4.90 Å². The third-order valence-corrected chi connectivity index (χ3v) is 3.66. The van der Waals surface area contributed by atoms with Crippen LogP contribution in [0.1, 0.15) is 36.5 Å². The minimum atomic E-state index is 0.0553. The van der Waals surface area contributed by atoms with Crippen LogP contribution in [0.5, 0.6) is 0 Å². The van der Waals surface area contributed by atoms with Gasteiger partial charge >= 0.3 is 0 Å². The van der Waals surface area contributed by atoms with Crippen molar-refractivity contribution in [2.75, 3.05) is 11.9 Å². The number of hydrogen-bond donors (Lipinski definition) is 0. The van der Waals surface area contributed by atoms with Crippen LogP contribution in [0.4, 0.5) is 5.69 Å². The maximum absolute atomic E-state index is 11.2. The number of Topliss-reactive ketones (excluding diaryl/α,β-unsaturated/α-hetero) is 1. The molecule has 0 unspecified atom stereocenters. The maximum Gasteiger partial charge on any atom is 0.159 e. The van der Waals surface area contributed by atoms with Gasteiger partial charge in [-0.05, 0) is 44.4 Å². The molecular formula is C13H16ClNO. The lowest BCUT2D eigenvalue weighted by atomic mass is 9.91. The van der Waals surface area contributed by atoms with Gasteiger partial charge in [-0.25, -0.2) is 0 Å². The van der Waals surface area contributed by atoms with Crippen LogP contribution in [-0.4, -0.2) is 18.9 Å². The van der Waals surface area contributed by atoms with E-state index in [9.17, 15) is 4.79 Å². The SMILES string of the molecule is CC(=O)c1ccc(N(C)C2CCC2)c(Cl)c1. The second-order valence-electron chi connectivity index (χ2n) is 4.42. The lowest BCUT2D eigenvalue weighted by Crippen LogP contribution is -2.37. The molecule has 1 fully saturated rings. The van der Waals surface area contributed by atoms with Crippen LogP contribution in [0.3, 0.4) is 0 Å². The summed E-state index contributed by atoms with van der Waals surface area (Å²) in [7, 11) is 2.07. The molecule has 1 aromatic rings. The van der Waals surface area contributed by atoms with Gasteiger partial charge in [0.25, 0.3) is 0 Å². The second kappa shape index (κ2) is 4.46. The van der Waals surface area contributed by atoms with E-state index in [1.165, 1.54) is 19.3 Å². The van der Waals surface area contributed by atoms with Crippen molar-refractivity contribution in [3.05, 3.63) is 28.8 Å². The number of benzene rings is 1. The highest BCUT2D eigenvalue weighted by Gasteiger charge is 2.23. The van der Waals surface area contributed by atoms with E-state index in [2.05, 4.69) is 11.9 Å². The zero-order chi connectivity index (χ0) is 11.7. The molecule has 1 aliphatic rings. The highest BCUT2D eigenvalue weighted by molar-refractivity contribution is 6.33. The summed E-state index contributed by atoms with van der Waals surface area (Å²) < 4.78 is 0. The van der Waals surface area contributed by atoms with E-state index in [1.54, 1.807) is 13.0 Å². The van der Waals surface area contributed by atoms with Crippen molar-refractivity contribution in [3.63, 3.8) is 0 Å². The molecule has 1 aromatic carbocycles. The lowest BCUT2D eigenvalue weighted by Gasteiger charge is -2.36. The first kappa shape index (κ1) is 11.5. The predicted molar refractivity (Wildman–Crippen MR) is 67.5 cm³/mol. The molecule has 0 radical (unpaired) electrons. The molecule has 0 atom stereocenters. The monoisotopic (exact) mass is 237 g/mol. The third kappa shape index (κ3) is 2.07. The van der Waals surface area contributed by atoms with Crippen molar-refractivity contribution in [2.24, 2.45) is 0 Å². The Morgan fingerprint density at radius 1 is 1.44 bits per heavy atom. The minimum Gasteiger partial charge on any atom is -0.370 e. The van der Waals surface area contributed by atoms with Gasteiger partial charge in [0.2, 0.25) is 0 Å². The molecule has 0 saturated heterocycles. The van der Waals surface area contributed by atoms with Gasteiger partial charge < -0.3 is 4.90 Å². The standard InChI is InChI=1S/C13H16ClNO/c1-9(16)10-6-7-13(12(14)8-10)15(2)11-4-3-5-11/h6-8,11H,3-5H2,1-2H3. The molecule has 2 nitrogen and oxygen atoms in total. The summed E-state index contributed by atoms with van der Waals surface area (Å²) in [5.41, 5.74) is 1.70. The van der Waals surface area contributed by atoms with Crippen molar-refractivity contribution in [1.82, 2.24) is 0 Å². The topological polar surface area (TPSA) is 20.3 Å². The van der Waals surface area contributed by atoms with Crippen LogP contribution in [0.15, 0.2) is 18.2 Å². The number of halogens is 1. The molecule has 86 valence electrons. The van der Waals surface area contributed by atoms with E-state index in [0.717, 1.165) is 5.69 Å². The number of anilines is 1. The van der Waals surface area contributed by atoms with Crippen molar-refractivity contribution in [1.29, 1.82) is 0 Å². The fourth-order valence-electron chi connectivity index (χ4n) is 1.98. The first-order chi connectivity index (χ1) is 7.59. The molecule has 0 amide bonds. The highest BCUT2D eigenvalue weighted by Crippen LogP contribution is 2.33. The zero-order valence-corrected chi connectivity index (χ0v) is 10.4. The highest BCUT2D eigenvalue weighted by atomic mass is 35.5. The van der Waals surface area contributed by atoms with E-state index in [1.807, 2.05) is 12.1 Å². The Balaban J connectivity index is 2.24. The first-order valence-electron chi connectivity index (χ1n) is 5.63. The molecular weight excluding hydrogens is 222 g/mol. The molecule has 0 spiro atoms. The van der Waals surface area contributed by atoms with Crippen LogP contribution in [0.25, 0.3) is 0 Å². The summed E-state index contributed by atoms with van der Waals surface area (Å²) in [6, 6.07) is 6.16. The molecule has 0 aliphatic heterocycles. The zero-order valence-electron chi connectivity index (χ0n) is 9.66. The number of hydrogen-bond acceptors (Lipinski definition) is 2. The van der Waals surface area contributed by atoms with Crippen LogP contribution in [0.2, 0.25) is 5.02 Å². The van der Waals surface area contributed by atoms with Crippen molar-refractivity contribution >= 4 is 23.1 Å². The van der Waals surface area contributed by atoms with E-state index in [-0.39, 0.29) is 5.78 Å². The minimum absolute atomic E-state index is 0.0553. The second-order valence-corrected chi connectivity index (χ2v) is 4.83. The molecule has 1 aliphatic carbocycles. The van der Waals surface area contributed by atoms with Gasteiger partial charge in [-0.3, -0.25) is 4.79 Å². The van der Waals surface area contributed by atoms with E-state index in [0.29, 0.717) is 16.6 Å². The first-order valence-corrected chi connectivity index (χ1v) is 6.00. The molecule has 16 heavy (non-hydrogen) atoms. The maximum atomic E-state index is 11.2. The molecule has 0 aromatic heterocycles. The van der Waals surface area contributed by atoms with Gasteiger partial charge in [0, 0.05) is 18.7 Å². The summed E-state index contributed by atoms with van der Waals surface area (Å²) in [6.07, 6.45) is 3.78. The fourth-order valence-corrected chi connectivity index (χ4v) is 2.30. The average molecular weight is 238 g/mol. The van der Waals surface area contributed by atoms with Crippen molar-refractivity contribution in [2.45, 2.75) is 32.2 Å². The summed E-state index contributed by atoms with van der Waals surface area (Å²) >= 11 is 6.20. The molecule has 0 N–H and O–H groups in total. The van der Waals surface area contributed by atoms with Crippen LogP contribution in [-0.2, 0) is 0 Å². The quantitative estimate of drug-likeness (QED) is 0.750. The average Bonchev–Trinajstić information content (AvgIpc) is 2.14. The Morgan fingerprint density at radius 2 is 2.12 bits per heavy atom. The van der Waals surface area contributed by atoms with E-state index < -0.39 is 0 Å². The number of ketones is 1. The Hall–Kier alpha value is -1.02. The fraction of sp³-hybridized carbons (Fsp3) is 0.462. The molecule has 2 rings (SSSR count). The van der Waals surface area contributed by atoms with E-state index in [4.69, 9.17) is 11.6 Å². The van der Waals surface area contributed by atoms with Gasteiger partial charge in [-0.2, -0.15) is 0 Å². The van der Waals surface area contributed by atoms with Crippen molar-refractivity contribution < 1.29 is 4.79 Å². The number of rotatable bonds is 3. The van der Waals surface area contributed by atoms with Gasteiger partial charge in [0.05, 0.1) is 10.7 Å². The van der Waals surface area contributed by atoms with Gasteiger partial charge in [0.1, 0.15) is 0 Å².